The van der Waals surface area contributed by atoms with Crippen LogP contribution >= 0.6 is 0 Å². The number of hydrogen-bond acceptors (Lipinski definition) is 3. The van der Waals surface area contributed by atoms with Gasteiger partial charge in [-0.2, -0.15) is 0 Å². The van der Waals surface area contributed by atoms with Gasteiger partial charge in [0.05, 0.1) is 11.8 Å². The zero-order valence-corrected chi connectivity index (χ0v) is 10.5. The van der Waals surface area contributed by atoms with Crippen LogP contribution in [-0.2, 0) is 16.1 Å². The molecule has 2 atom stereocenters. The molecule has 0 spiro atoms. The Bertz CT molecular complexity index is 469. The summed E-state index contributed by atoms with van der Waals surface area (Å²) in [5.74, 6) is -1.88. The number of aromatic hydroxyl groups is 1. The lowest BCUT2D eigenvalue weighted by Crippen LogP contribution is -2.34. The largest absolute Gasteiger partial charge is 0.508 e. The number of carbonyl (C=O) groups is 2. The molecule has 5 heteroatoms. The lowest BCUT2D eigenvalue weighted by Gasteiger charge is -2.15. The number of carboxylic acids is 1. The van der Waals surface area contributed by atoms with Crippen molar-refractivity contribution in [2.24, 2.45) is 11.8 Å². The number of benzene rings is 1. The van der Waals surface area contributed by atoms with Crippen molar-refractivity contribution in [2.45, 2.75) is 25.8 Å². The van der Waals surface area contributed by atoms with Gasteiger partial charge in [-0.1, -0.05) is 18.6 Å². The highest BCUT2D eigenvalue weighted by atomic mass is 16.4. The highest BCUT2D eigenvalue weighted by Crippen LogP contribution is 2.32. The number of carboxylic acid groups (broad SMARTS) is 1. The third-order valence-corrected chi connectivity index (χ3v) is 3.57. The normalized spacial score (nSPS) is 22.1. The average molecular weight is 263 g/mol. The van der Waals surface area contributed by atoms with Gasteiger partial charge in [0.25, 0.3) is 0 Å². The molecule has 2 rings (SSSR count). The zero-order valence-electron chi connectivity index (χ0n) is 10.5. The first-order chi connectivity index (χ1) is 9.08. The van der Waals surface area contributed by atoms with Crippen molar-refractivity contribution in [3.05, 3.63) is 29.8 Å². The van der Waals surface area contributed by atoms with E-state index in [2.05, 4.69) is 5.32 Å². The van der Waals surface area contributed by atoms with E-state index in [0.717, 1.165) is 12.0 Å². The SMILES string of the molecule is O=C(O)[C@H]1CCC[C@H]1C(=O)NCc1ccc(O)cc1. The van der Waals surface area contributed by atoms with Gasteiger partial charge < -0.3 is 15.5 Å². The maximum Gasteiger partial charge on any atom is 0.307 e. The minimum atomic E-state index is -0.887. The fraction of sp³-hybridized carbons (Fsp3) is 0.429. The molecule has 1 aromatic rings. The molecule has 0 aliphatic heterocycles. The smallest absolute Gasteiger partial charge is 0.307 e. The first kappa shape index (κ1) is 13.4. The lowest BCUT2D eigenvalue weighted by molar-refractivity contribution is -0.146. The summed E-state index contributed by atoms with van der Waals surface area (Å²) < 4.78 is 0. The van der Waals surface area contributed by atoms with E-state index in [1.54, 1.807) is 24.3 Å². The van der Waals surface area contributed by atoms with Crippen LogP contribution in [0.3, 0.4) is 0 Å². The molecule has 1 amide bonds. The molecule has 0 radical (unpaired) electrons. The summed E-state index contributed by atoms with van der Waals surface area (Å²) in [5, 5.41) is 21.0. The van der Waals surface area contributed by atoms with E-state index in [0.29, 0.717) is 19.4 Å². The van der Waals surface area contributed by atoms with Gasteiger partial charge in [0.15, 0.2) is 0 Å². The first-order valence-electron chi connectivity index (χ1n) is 6.36. The summed E-state index contributed by atoms with van der Waals surface area (Å²) in [4.78, 5) is 23.0. The number of phenols is 1. The molecule has 5 nitrogen and oxygen atoms in total. The van der Waals surface area contributed by atoms with Crippen LogP contribution in [0.4, 0.5) is 0 Å². The van der Waals surface area contributed by atoms with Crippen LogP contribution in [-0.4, -0.2) is 22.1 Å². The Kier molecular flexibility index (Phi) is 4.04. The number of amides is 1. The number of nitrogens with one attached hydrogen (secondary N) is 1. The Labute approximate surface area is 111 Å². The Morgan fingerprint density at radius 2 is 1.79 bits per heavy atom. The van der Waals surface area contributed by atoms with Crippen molar-refractivity contribution in [3.63, 3.8) is 0 Å². The van der Waals surface area contributed by atoms with E-state index in [4.69, 9.17) is 10.2 Å². The molecule has 0 bridgehead atoms. The quantitative estimate of drug-likeness (QED) is 0.768. The minimum Gasteiger partial charge on any atom is -0.508 e. The Morgan fingerprint density at radius 3 is 2.42 bits per heavy atom. The molecule has 19 heavy (non-hydrogen) atoms. The van der Waals surface area contributed by atoms with Gasteiger partial charge in [-0.05, 0) is 30.5 Å². The van der Waals surface area contributed by atoms with Crippen molar-refractivity contribution >= 4 is 11.9 Å². The van der Waals surface area contributed by atoms with Crippen LogP contribution in [0.15, 0.2) is 24.3 Å². The Morgan fingerprint density at radius 1 is 1.16 bits per heavy atom. The van der Waals surface area contributed by atoms with Gasteiger partial charge in [-0.3, -0.25) is 9.59 Å². The molecule has 1 saturated carbocycles. The highest BCUT2D eigenvalue weighted by Gasteiger charge is 2.37. The second-order valence-corrected chi connectivity index (χ2v) is 4.87. The molecule has 0 saturated heterocycles. The van der Waals surface area contributed by atoms with Gasteiger partial charge in [0.2, 0.25) is 5.91 Å². The van der Waals surface area contributed by atoms with Crippen LogP contribution in [0, 0.1) is 11.8 Å². The zero-order chi connectivity index (χ0) is 13.8. The fourth-order valence-corrected chi connectivity index (χ4v) is 2.50. The Balaban J connectivity index is 1.90. The molecule has 0 unspecified atom stereocenters. The Hall–Kier alpha value is -2.04. The standard InChI is InChI=1S/C14H17NO4/c16-10-6-4-9(5-7-10)8-15-13(17)11-2-1-3-12(11)14(18)19/h4-7,11-12,16H,1-3,8H2,(H,15,17)(H,18,19)/t11-,12+/m1/s1. The third kappa shape index (κ3) is 3.24. The van der Waals surface area contributed by atoms with Crippen LogP contribution in [0.5, 0.6) is 5.75 Å². The van der Waals surface area contributed by atoms with E-state index in [1.807, 2.05) is 0 Å². The number of phenolic OH excluding ortho intramolecular Hbond substituents is 1. The predicted molar refractivity (Wildman–Crippen MR) is 68.4 cm³/mol. The summed E-state index contributed by atoms with van der Waals surface area (Å²) >= 11 is 0. The van der Waals surface area contributed by atoms with Gasteiger partial charge in [0.1, 0.15) is 5.75 Å². The summed E-state index contributed by atoms with van der Waals surface area (Å²) in [6.07, 6.45) is 2.00. The van der Waals surface area contributed by atoms with E-state index in [1.165, 1.54) is 0 Å². The summed E-state index contributed by atoms with van der Waals surface area (Å²) in [6, 6.07) is 6.55. The first-order valence-corrected chi connectivity index (χ1v) is 6.36. The summed E-state index contributed by atoms with van der Waals surface area (Å²) in [6.45, 7) is 0.349. The van der Waals surface area contributed by atoms with Gasteiger partial charge in [0, 0.05) is 6.54 Å². The number of aliphatic carboxylic acids is 1. The lowest BCUT2D eigenvalue weighted by atomic mass is 9.95. The van der Waals surface area contributed by atoms with Crippen LogP contribution in [0.2, 0.25) is 0 Å². The number of carbonyl (C=O) groups excluding carboxylic acids is 1. The van der Waals surface area contributed by atoms with Crippen molar-refractivity contribution in [1.82, 2.24) is 5.32 Å². The van der Waals surface area contributed by atoms with Crippen molar-refractivity contribution in [1.29, 1.82) is 0 Å². The summed E-state index contributed by atoms with van der Waals surface area (Å²) in [5.41, 5.74) is 0.871. The molecular formula is C14H17NO4. The van der Waals surface area contributed by atoms with Crippen molar-refractivity contribution < 1.29 is 19.8 Å². The van der Waals surface area contributed by atoms with Gasteiger partial charge in [-0.25, -0.2) is 0 Å². The molecular weight excluding hydrogens is 246 g/mol. The van der Waals surface area contributed by atoms with Crippen LogP contribution < -0.4 is 5.32 Å². The van der Waals surface area contributed by atoms with E-state index < -0.39 is 17.8 Å². The maximum absolute atomic E-state index is 12.0. The molecule has 1 aliphatic rings. The molecule has 1 fully saturated rings. The second kappa shape index (κ2) is 5.73. The molecule has 0 heterocycles. The predicted octanol–water partition coefficient (Wildman–Crippen LogP) is 1.51. The van der Waals surface area contributed by atoms with E-state index >= 15 is 0 Å². The van der Waals surface area contributed by atoms with Gasteiger partial charge >= 0.3 is 5.97 Å². The molecule has 1 aromatic carbocycles. The summed E-state index contributed by atoms with van der Waals surface area (Å²) in [7, 11) is 0. The highest BCUT2D eigenvalue weighted by molar-refractivity contribution is 5.85. The van der Waals surface area contributed by atoms with E-state index in [9.17, 15) is 9.59 Å². The topological polar surface area (TPSA) is 86.6 Å². The van der Waals surface area contributed by atoms with Crippen LogP contribution in [0.1, 0.15) is 24.8 Å². The average Bonchev–Trinajstić information content (AvgIpc) is 2.87. The van der Waals surface area contributed by atoms with Crippen molar-refractivity contribution in [2.75, 3.05) is 0 Å². The maximum atomic E-state index is 12.0. The molecule has 102 valence electrons. The molecule has 0 aromatic heterocycles. The monoisotopic (exact) mass is 263 g/mol. The number of hydrogen-bond donors (Lipinski definition) is 3. The number of rotatable bonds is 4. The minimum absolute atomic E-state index is 0.178. The molecule has 3 N–H and O–H groups in total. The van der Waals surface area contributed by atoms with Crippen LogP contribution in [0.25, 0.3) is 0 Å². The second-order valence-electron chi connectivity index (χ2n) is 4.87. The van der Waals surface area contributed by atoms with Gasteiger partial charge in [-0.15, -0.1) is 0 Å². The molecule has 1 aliphatic carbocycles. The fourth-order valence-electron chi connectivity index (χ4n) is 2.50. The third-order valence-electron chi connectivity index (χ3n) is 3.57. The van der Waals surface area contributed by atoms with Crippen molar-refractivity contribution in [3.8, 4) is 5.75 Å². The van der Waals surface area contributed by atoms with E-state index in [-0.39, 0.29) is 11.7 Å².